The number of nitrogens with one attached hydrogen (secondary N) is 1. The van der Waals surface area contributed by atoms with Gasteiger partial charge in [0.25, 0.3) is 5.91 Å². The Balaban J connectivity index is 1.82. The molecule has 0 fully saturated rings. The number of quaternary nitrogens is 1. The number of benzene rings is 1. The molecule has 27 heavy (non-hydrogen) atoms. The van der Waals surface area contributed by atoms with Crippen molar-refractivity contribution in [3.63, 3.8) is 0 Å². The third-order valence-corrected chi connectivity index (χ3v) is 4.76. The van der Waals surface area contributed by atoms with Crippen molar-refractivity contribution in [1.29, 1.82) is 0 Å². The van der Waals surface area contributed by atoms with Crippen LogP contribution in [-0.4, -0.2) is 42.2 Å². The molecule has 0 saturated heterocycles. The van der Waals surface area contributed by atoms with Gasteiger partial charge in [-0.15, -0.1) is 0 Å². The molecule has 1 aliphatic rings. The summed E-state index contributed by atoms with van der Waals surface area (Å²) in [6, 6.07) is 10.2. The highest BCUT2D eigenvalue weighted by atomic mass is 35.5. The second-order valence-electron chi connectivity index (χ2n) is 6.37. The van der Waals surface area contributed by atoms with E-state index in [2.05, 4.69) is 10.4 Å². The molecule has 0 saturated carbocycles. The highest BCUT2D eigenvalue weighted by molar-refractivity contribution is 6.30. The molecule has 1 aromatic heterocycles. The molecule has 8 heteroatoms. The molecule has 1 aliphatic heterocycles. The highest BCUT2D eigenvalue weighted by Crippen LogP contribution is 2.33. The van der Waals surface area contributed by atoms with Gasteiger partial charge in [0.1, 0.15) is 11.8 Å². The lowest BCUT2D eigenvalue weighted by molar-refractivity contribution is -0.663. The number of nitrogens with zero attached hydrogens (tertiary/aromatic N) is 2. The quantitative estimate of drug-likeness (QED) is 0.780. The maximum absolute atomic E-state index is 13.0. The summed E-state index contributed by atoms with van der Waals surface area (Å²) < 4.78 is 5.53. The minimum absolute atomic E-state index is 0.135. The maximum atomic E-state index is 13.0. The summed E-state index contributed by atoms with van der Waals surface area (Å²) in [4.78, 5) is 24.4. The van der Waals surface area contributed by atoms with E-state index in [1.165, 1.54) is 5.01 Å². The van der Waals surface area contributed by atoms with Crippen LogP contribution in [0.4, 0.5) is 0 Å². The van der Waals surface area contributed by atoms with Gasteiger partial charge in [0.15, 0.2) is 12.6 Å². The van der Waals surface area contributed by atoms with Crippen molar-refractivity contribution in [2.45, 2.75) is 25.4 Å². The first-order chi connectivity index (χ1) is 13.0. The van der Waals surface area contributed by atoms with Crippen molar-refractivity contribution >= 4 is 29.1 Å². The zero-order valence-corrected chi connectivity index (χ0v) is 15.9. The Morgan fingerprint density at radius 2 is 2.11 bits per heavy atom. The Hall–Kier alpha value is -2.64. The zero-order valence-electron chi connectivity index (χ0n) is 15.2. The van der Waals surface area contributed by atoms with Crippen LogP contribution in [0.15, 0.2) is 52.2 Å². The van der Waals surface area contributed by atoms with Gasteiger partial charge in [-0.2, -0.15) is 5.10 Å². The van der Waals surface area contributed by atoms with Crippen LogP contribution in [0.25, 0.3) is 0 Å². The Bertz CT molecular complexity index is 833. The van der Waals surface area contributed by atoms with Crippen LogP contribution in [-0.2, 0) is 9.59 Å². The number of carbonyl (C=O) groups excluding carboxylic acids is 2. The average Bonchev–Trinajstić information content (AvgIpc) is 3.35. The first kappa shape index (κ1) is 19.1. The molecule has 142 valence electrons. The van der Waals surface area contributed by atoms with E-state index in [-0.39, 0.29) is 24.4 Å². The van der Waals surface area contributed by atoms with Gasteiger partial charge >= 0.3 is 5.91 Å². The van der Waals surface area contributed by atoms with E-state index in [1.54, 1.807) is 43.8 Å². The minimum Gasteiger partial charge on any atom is -0.467 e. The Labute approximate surface area is 162 Å². The van der Waals surface area contributed by atoms with Crippen molar-refractivity contribution in [1.82, 2.24) is 10.3 Å². The number of rotatable bonds is 6. The van der Waals surface area contributed by atoms with Gasteiger partial charge in [-0.3, -0.25) is 9.59 Å². The summed E-state index contributed by atoms with van der Waals surface area (Å²) in [6.45, 7) is 1.94. The van der Waals surface area contributed by atoms with Gasteiger partial charge < -0.3 is 15.1 Å². The minimum atomic E-state index is -0.451. The number of hydrogen-bond acceptors (Lipinski definition) is 4. The number of hydrogen-bond donors (Lipinski definition) is 2. The van der Waals surface area contributed by atoms with Crippen LogP contribution in [0, 0.1) is 0 Å². The van der Waals surface area contributed by atoms with E-state index in [9.17, 15) is 9.59 Å². The normalized spacial score (nSPS) is 17.5. The van der Waals surface area contributed by atoms with Gasteiger partial charge in [-0.25, -0.2) is 5.01 Å². The summed E-state index contributed by atoms with van der Waals surface area (Å²) in [7, 11) is 1.57. The van der Waals surface area contributed by atoms with Gasteiger partial charge in [0, 0.05) is 18.5 Å². The predicted octanol–water partition coefficient (Wildman–Crippen LogP) is 1.31. The summed E-state index contributed by atoms with van der Waals surface area (Å²) in [5.74, 6) is 0.364. The number of hydrazone groups is 1. The monoisotopic (exact) mass is 389 g/mol. The molecule has 3 rings (SSSR count). The van der Waals surface area contributed by atoms with Crippen molar-refractivity contribution in [3.05, 3.63) is 59.0 Å². The fourth-order valence-electron chi connectivity index (χ4n) is 2.93. The molecule has 2 amide bonds. The van der Waals surface area contributed by atoms with E-state index < -0.39 is 6.04 Å². The van der Waals surface area contributed by atoms with E-state index in [4.69, 9.17) is 16.0 Å². The van der Waals surface area contributed by atoms with Crippen molar-refractivity contribution in [2.75, 3.05) is 13.6 Å². The number of halogens is 1. The molecule has 0 aliphatic carbocycles. The summed E-state index contributed by atoms with van der Waals surface area (Å²) >= 11 is 5.96. The largest absolute Gasteiger partial charge is 0.467 e. The van der Waals surface area contributed by atoms with E-state index in [0.717, 1.165) is 11.3 Å². The average molecular weight is 390 g/mol. The van der Waals surface area contributed by atoms with E-state index in [0.29, 0.717) is 17.2 Å². The second-order valence-corrected chi connectivity index (χ2v) is 6.81. The van der Waals surface area contributed by atoms with Gasteiger partial charge in [-0.1, -0.05) is 23.7 Å². The van der Waals surface area contributed by atoms with Gasteiger partial charge in [-0.05, 0) is 36.8 Å². The fourth-order valence-corrected chi connectivity index (χ4v) is 3.05. The lowest BCUT2D eigenvalue weighted by Gasteiger charge is -2.22. The Morgan fingerprint density at radius 1 is 1.37 bits per heavy atom. The van der Waals surface area contributed by atoms with Crippen LogP contribution < -0.4 is 10.6 Å². The highest BCUT2D eigenvalue weighted by Gasteiger charge is 2.37. The number of furan rings is 1. The molecule has 7 nitrogen and oxygen atoms in total. The standard InChI is InChI=1S/C19H21ClN4O3/c1-12(22-11-18(25)21-2)19(26)24-16(17-4-3-9-27-17)10-15(23-24)13-5-7-14(20)8-6-13/h3-9,12,16,22H,10-11H2,1-2H3,(H,21,25)/p+1/t12-,16+/m1/s1. The van der Waals surface area contributed by atoms with Gasteiger partial charge in [0.05, 0.1) is 12.0 Å². The molecule has 0 radical (unpaired) electrons. The predicted molar refractivity (Wildman–Crippen MR) is 101 cm³/mol. The summed E-state index contributed by atoms with van der Waals surface area (Å²) in [6.07, 6.45) is 2.13. The number of amides is 2. The summed E-state index contributed by atoms with van der Waals surface area (Å²) in [5.41, 5.74) is 1.70. The fraction of sp³-hybridized carbons (Fsp3) is 0.316. The third kappa shape index (κ3) is 4.37. The zero-order chi connectivity index (χ0) is 19.4. The number of nitrogens with two attached hydrogens (primary N) is 1. The van der Waals surface area contributed by atoms with Crippen LogP contribution in [0.3, 0.4) is 0 Å². The first-order valence-corrected chi connectivity index (χ1v) is 9.11. The molecule has 2 atom stereocenters. The molecule has 2 aromatic rings. The second kappa shape index (κ2) is 8.37. The molecular formula is C19H22ClN4O3+. The summed E-state index contributed by atoms with van der Waals surface area (Å²) in [5, 5.41) is 10.9. The lowest BCUT2D eigenvalue weighted by Crippen LogP contribution is -2.93. The number of likely N-dealkylation sites (N-methyl/N-ethyl adjacent to an activating group) is 1. The van der Waals surface area contributed by atoms with Crippen LogP contribution in [0.2, 0.25) is 5.02 Å². The molecule has 2 heterocycles. The third-order valence-electron chi connectivity index (χ3n) is 4.51. The molecule has 3 N–H and O–H groups in total. The van der Waals surface area contributed by atoms with Crippen molar-refractivity contribution in [3.8, 4) is 0 Å². The van der Waals surface area contributed by atoms with Crippen LogP contribution in [0.1, 0.15) is 30.7 Å². The van der Waals surface area contributed by atoms with Crippen molar-refractivity contribution in [2.24, 2.45) is 5.10 Å². The molecule has 1 aromatic carbocycles. The van der Waals surface area contributed by atoms with Crippen LogP contribution >= 0.6 is 11.6 Å². The number of carbonyl (C=O) groups is 2. The van der Waals surface area contributed by atoms with Gasteiger partial charge in [0.2, 0.25) is 0 Å². The maximum Gasteiger partial charge on any atom is 0.301 e. The van der Waals surface area contributed by atoms with E-state index >= 15 is 0 Å². The molecule has 0 unspecified atom stereocenters. The van der Waals surface area contributed by atoms with E-state index in [1.807, 2.05) is 18.2 Å². The topological polar surface area (TPSA) is 91.5 Å². The molecule has 0 bridgehead atoms. The van der Waals surface area contributed by atoms with Crippen LogP contribution in [0.5, 0.6) is 0 Å². The molecule has 0 spiro atoms. The Kier molecular flexibility index (Phi) is 5.93. The van der Waals surface area contributed by atoms with Crippen molar-refractivity contribution < 1.29 is 19.3 Å². The Morgan fingerprint density at radius 3 is 2.74 bits per heavy atom. The smallest absolute Gasteiger partial charge is 0.301 e. The molecular weight excluding hydrogens is 368 g/mol. The first-order valence-electron chi connectivity index (χ1n) is 8.73. The SMILES string of the molecule is CNC(=O)C[NH2+][C@H](C)C(=O)N1N=C(c2ccc(Cl)cc2)C[C@H]1c1ccco1. The lowest BCUT2D eigenvalue weighted by atomic mass is 10.0.